The molecule has 12 nitrogen and oxygen atoms in total. The summed E-state index contributed by atoms with van der Waals surface area (Å²) in [5, 5.41) is 20.5. The second-order valence-corrected chi connectivity index (χ2v) is 16.2. The molecule has 2 amide bonds. The van der Waals surface area contributed by atoms with Crippen molar-refractivity contribution in [1.82, 2.24) is 19.9 Å². The molecule has 2 aliphatic heterocycles. The fourth-order valence-corrected chi connectivity index (χ4v) is 8.29. The molecule has 304 valence electrons. The van der Waals surface area contributed by atoms with Gasteiger partial charge in [0.1, 0.15) is 11.8 Å². The number of cyclic esters (lactones) is 1. The van der Waals surface area contributed by atoms with Gasteiger partial charge in [0.2, 0.25) is 5.91 Å². The molecular formula is C45H57N5O7. The zero-order valence-electron chi connectivity index (χ0n) is 34.0. The van der Waals surface area contributed by atoms with Crippen LogP contribution in [0.25, 0.3) is 33.3 Å². The molecule has 2 aliphatic rings. The maximum Gasteiger partial charge on any atom is 0.305 e. The summed E-state index contributed by atoms with van der Waals surface area (Å²) in [6.07, 6.45) is 5.18. The molecule has 0 spiro atoms. The van der Waals surface area contributed by atoms with Gasteiger partial charge >= 0.3 is 5.97 Å². The summed E-state index contributed by atoms with van der Waals surface area (Å²) < 4.78 is 19.3. The normalized spacial score (nSPS) is 19.2. The van der Waals surface area contributed by atoms with Crippen molar-refractivity contribution < 1.29 is 33.7 Å². The molecule has 2 N–H and O–H groups in total. The van der Waals surface area contributed by atoms with Crippen LogP contribution in [0, 0.1) is 17.3 Å². The van der Waals surface area contributed by atoms with E-state index >= 15 is 0 Å². The van der Waals surface area contributed by atoms with Crippen molar-refractivity contribution >= 4 is 35.4 Å². The van der Waals surface area contributed by atoms with Gasteiger partial charge in [0.25, 0.3) is 5.91 Å². The van der Waals surface area contributed by atoms with Crippen LogP contribution in [-0.2, 0) is 54.6 Å². The quantitative estimate of drug-likeness (QED) is 0.143. The van der Waals surface area contributed by atoms with E-state index in [-0.39, 0.29) is 55.5 Å². The molecule has 2 atom stereocenters. The number of esters is 1. The number of carbonyl (C=O) groups excluding carboxylic acids is 3. The van der Waals surface area contributed by atoms with Crippen LogP contribution < -0.4 is 5.32 Å². The lowest BCUT2D eigenvalue weighted by Crippen LogP contribution is -2.50. The van der Waals surface area contributed by atoms with E-state index in [0.29, 0.717) is 51.2 Å². The SMILES string of the molecule is C=NN1CCCCC(=O)OCC(C)(C)Cc2c(-c3cccnc3COC)n(CC)c3ccc(cc23)-c2cc(O)cc(c2)C[C@H](NC(=O)C(C)C2CCOCC2)C1=O. The number of ether oxygens (including phenoxy) is 3. The van der Waals surface area contributed by atoms with Crippen molar-refractivity contribution in [3.05, 3.63) is 71.5 Å². The maximum absolute atomic E-state index is 14.2. The highest BCUT2D eigenvalue weighted by molar-refractivity contribution is 5.95. The van der Waals surface area contributed by atoms with Crippen molar-refractivity contribution in [2.45, 2.75) is 91.8 Å². The summed E-state index contributed by atoms with van der Waals surface area (Å²) in [5.41, 5.74) is 6.85. The van der Waals surface area contributed by atoms with E-state index in [4.69, 9.17) is 19.2 Å². The number of aryl methyl sites for hydroxylation is 1. The Morgan fingerprint density at radius 1 is 1.12 bits per heavy atom. The van der Waals surface area contributed by atoms with Crippen molar-refractivity contribution in [1.29, 1.82) is 0 Å². The number of methoxy groups -OCH3 is 1. The number of phenolic OH excluding ortho intramolecular Hbond substituents is 1. The number of amides is 2. The number of benzene rings is 2. The zero-order chi connectivity index (χ0) is 40.7. The van der Waals surface area contributed by atoms with Gasteiger partial charge < -0.3 is 29.2 Å². The first-order valence-corrected chi connectivity index (χ1v) is 20.2. The predicted molar refractivity (Wildman–Crippen MR) is 221 cm³/mol. The van der Waals surface area contributed by atoms with Gasteiger partial charge in [-0.3, -0.25) is 19.4 Å². The predicted octanol–water partition coefficient (Wildman–Crippen LogP) is 7.07. The lowest BCUT2D eigenvalue weighted by molar-refractivity contribution is -0.146. The molecule has 12 heteroatoms. The monoisotopic (exact) mass is 779 g/mol. The molecule has 2 aromatic heterocycles. The molecule has 57 heavy (non-hydrogen) atoms. The van der Waals surface area contributed by atoms with Crippen LogP contribution in [0.3, 0.4) is 0 Å². The van der Waals surface area contributed by atoms with Crippen LogP contribution in [0.2, 0.25) is 0 Å². The van der Waals surface area contributed by atoms with Gasteiger partial charge in [0.15, 0.2) is 0 Å². The Morgan fingerprint density at radius 3 is 2.65 bits per heavy atom. The lowest BCUT2D eigenvalue weighted by Gasteiger charge is -2.29. The number of nitrogens with one attached hydrogen (secondary N) is 1. The van der Waals surface area contributed by atoms with Gasteiger partial charge in [-0.1, -0.05) is 32.9 Å². The fraction of sp³-hybridized carbons (Fsp3) is 0.489. The molecule has 1 unspecified atom stereocenters. The highest BCUT2D eigenvalue weighted by Crippen LogP contribution is 2.41. The van der Waals surface area contributed by atoms with E-state index in [1.165, 1.54) is 5.01 Å². The Morgan fingerprint density at radius 2 is 1.91 bits per heavy atom. The Hall–Kier alpha value is -5.07. The minimum Gasteiger partial charge on any atom is -0.508 e. The third-order valence-corrected chi connectivity index (χ3v) is 11.4. The molecule has 0 saturated carbocycles. The first-order chi connectivity index (χ1) is 27.4. The third-order valence-electron chi connectivity index (χ3n) is 11.4. The fourth-order valence-electron chi connectivity index (χ4n) is 8.29. The number of rotatable bonds is 8. The Balaban J connectivity index is 1.47. The van der Waals surface area contributed by atoms with E-state index in [2.05, 4.69) is 60.7 Å². The van der Waals surface area contributed by atoms with Gasteiger partial charge in [-0.25, -0.2) is 5.01 Å². The topological polar surface area (TPSA) is 145 Å². The number of hydrogen-bond acceptors (Lipinski definition) is 9. The van der Waals surface area contributed by atoms with E-state index < -0.39 is 17.4 Å². The summed E-state index contributed by atoms with van der Waals surface area (Å²) in [6.45, 7) is 14.6. The van der Waals surface area contributed by atoms with E-state index in [0.717, 1.165) is 57.4 Å². The van der Waals surface area contributed by atoms with E-state index in [9.17, 15) is 19.5 Å². The van der Waals surface area contributed by atoms with Gasteiger partial charge in [-0.2, -0.15) is 5.10 Å². The van der Waals surface area contributed by atoms with Gasteiger partial charge in [-0.05, 0) is 104 Å². The van der Waals surface area contributed by atoms with E-state index in [1.54, 1.807) is 25.4 Å². The summed E-state index contributed by atoms with van der Waals surface area (Å²) in [5.74, 6) is -1.08. The van der Waals surface area contributed by atoms with Crippen molar-refractivity contribution in [3.8, 4) is 28.1 Å². The standard InChI is InChI=1S/C45H57N5O7/c1-7-49-40-14-13-32-25-36(40)37(42(49)35-11-10-17-47-39(35)27-55-6)26-45(3,4)28-57-41(52)12-8-9-18-50(46-5)44(54)38(23-30-21-33(32)24-34(51)22-30)48-43(53)29(2)31-15-19-56-20-16-31/h10-11,13-14,17,21-22,24-25,29,31,38,51H,5,7-9,12,15-16,18-20,23,26-28H2,1-4,6H3,(H,48,53)/t29?,38-/m0/s1. The van der Waals surface area contributed by atoms with Crippen molar-refractivity contribution in [2.75, 3.05) is 33.5 Å². The summed E-state index contributed by atoms with van der Waals surface area (Å²) in [4.78, 5) is 45.7. The molecule has 0 aliphatic carbocycles. The number of hydrogen-bond donors (Lipinski definition) is 2. The summed E-state index contributed by atoms with van der Waals surface area (Å²) in [7, 11) is 1.66. The Labute approximate surface area is 335 Å². The van der Waals surface area contributed by atoms with Crippen molar-refractivity contribution in [3.63, 3.8) is 0 Å². The number of hydrazone groups is 1. The highest BCUT2D eigenvalue weighted by atomic mass is 16.5. The molecule has 4 bridgehead atoms. The number of aromatic hydroxyl groups is 1. The highest BCUT2D eigenvalue weighted by Gasteiger charge is 2.32. The van der Waals surface area contributed by atoms with Crippen LogP contribution in [0.5, 0.6) is 5.75 Å². The zero-order valence-corrected chi connectivity index (χ0v) is 34.0. The third kappa shape index (κ3) is 9.73. The number of phenols is 1. The molecular weight excluding hydrogens is 723 g/mol. The second-order valence-electron chi connectivity index (χ2n) is 16.2. The molecule has 4 heterocycles. The molecule has 1 saturated heterocycles. The lowest BCUT2D eigenvalue weighted by atomic mass is 9.84. The second kappa shape index (κ2) is 18.5. The van der Waals surface area contributed by atoms with Gasteiger partial charge in [0.05, 0.1) is 24.6 Å². The van der Waals surface area contributed by atoms with E-state index in [1.807, 2.05) is 25.1 Å². The smallest absolute Gasteiger partial charge is 0.305 e. The minimum absolute atomic E-state index is 0.0473. The average molecular weight is 780 g/mol. The molecule has 1 fully saturated rings. The van der Waals surface area contributed by atoms with Crippen molar-refractivity contribution in [2.24, 2.45) is 22.4 Å². The minimum atomic E-state index is -0.978. The number of fused-ring (bicyclic) bond motifs is 4. The van der Waals surface area contributed by atoms with Gasteiger partial charge in [-0.15, -0.1) is 0 Å². The number of nitrogens with zero attached hydrogens (tertiary/aromatic N) is 4. The molecule has 4 aromatic rings. The maximum atomic E-state index is 14.2. The number of pyridine rings is 1. The summed E-state index contributed by atoms with van der Waals surface area (Å²) in [6, 6.07) is 14.7. The van der Waals surface area contributed by atoms with Gasteiger partial charge in [0, 0.05) is 87.0 Å². The summed E-state index contributed by atoms with van der Waals surface area (Å²) >= 11 is 0. The first-order valence-electron chi connectivity index (χ1n) is 20.2. The van der Waals surface area contributed by atoms with Crippen LogP contribution >= 0.6 is 0 Å². The molecule has 2 aromatic carbocycles. The average Bonchev–Trinajstić information content (AvgIpc) is 3.50. The Kier molecular flexibility index (Phi) is 13.5. The number of aromatic nitrogens is 2. The number of carbonyl (C=O) groups is 3. The first kappa shape index (κ1) is 41.6. The van der Waals surface area contributed by atoms with Crippen LogP contribution in [0.1, 0.15) is 76.6 Å². The van der Waals surface area contributed by atoms with Crippen LogP contribution in [0.15, 0.2) is 59.8 Å². The van der Waals surface area contributed by atoms with Crippen LogP contribution in [-0.4, -0.2) is 83.7 Å². The largest absolute Gasteiger partial charge is 0.508 e. The molecule has 6 rings (SSSR count). The molecule has 0 radical (unpaired) electrons. The Bertz CT molecular complexity index is 2090. The van der Waals surface area contributed by atoms with Crippen LogP contribution in [0.4, 0.5) is 0 Å².